The van der Waals surface area contributed by atoms with E-state index >= 15 is 0 Å². The molecule has 0 radical (unpaired) electrons. The molecule has 9 nitrogen and oxygen atoms in total. The Morgan fingerprint density at radius 1 is 0.859 bits per heavy atom. The predicted octanol–water partition coefficient (Wildman–Crippen LogP) is 10.4. The molecule has 0 spiro atoms. The molecule has 1 fully saturated rings. The smallest absolute Gasteiger partial charge is 0.315 e. The van der Waals surface area contributed by atoms with Crippen LogP contribution in [0.1, 0.15) is 179 Å². The van der Waals surface area contributed by atoms with Crippen LogP contribution in [0.3, 0.4) is 0 Å². The first kappa shape index (κ1) is 49.2. The highest BCUT2D eigenvalue weighted by molar-refractivity contribution is 5.88. The fraction of sp³-hybridized carbons (Fsp3) is 0.636. The van der Waals surface area contributed by atoms with Gasteiger partial charge in [-0.15, -0.1) is 0 Å². The lowest BCUT2D eigenvalue weighted by atomic mass is 9.80. The molecular formula is C55H82N4O5. The maximum atomic E-state index is 13.7. The van der Waals surface area contributed by atoms with E-state index in [2.05, 4.69) is 114 Å². The number of rotatable bonds is 20. The number of fused-ring (bicyclic) bond motifs is 8. The summed E-state index contributed by atoms with van der Waals surface area (Å²) in [5.74, 6) is 0.962. The molecule has 1 aliphatic carbocycles. The van der Waals surface area contributed by atoms with Crippen LogP contribution < -0.4 is 21.3 Å². The van der Waals surface area contributed by atoms with Gasteiger partial charge in [0.05, 0.1) is 19.3 Å². The molecular weight excluding hydrogens is 797 g/mol. The molecule has 2 aromatic rings. The summed E-state index contributed by atoms with van der Waals surface area (Å²) >= 11 is 0. The zero-order valence-electron chi connectivity index (χ0n) is 41.5. The predicted molar refractivity (Wildman–Crippen MR) is 261 cm³/mol. The summed E-state index contributed by atoms with van der Waals surface area (Å²) in [7, 11) is 1.39. The van der Waals surface area contributed by atoms with Gasteiger partial charge in [-0.05, 0) is 136 Å². The molecule has 64 heavy (non-hydrogen) atoms. The standard InChI is InChI=1S/C55H82N4O5/c1-13-39-35(8)42-28-44-37(10)41(24-25-48(60)64-27-26-34(7)23-17-22-33(6)21-16-20-32(5)19-15-18-31(3)4)52(58-44)50-51(55(62)63-12)54(61)49-38(11)45(59-53(49)50)30-47-40(14-2)36(9)43(57-47)29-46(39)56-42/h26,28-33,37,39,41,51-52,54,56-59,61H,13-25,27H2,1-12H3/b34-26-,44-28-,45-30-,46-29-/t32-,33+,37+,39-,41+,51-,52?,54+/m1/s1. The van der Waals surface area contributed by atoms with E-state index in [9.17, 15) is 14.7 Å². The van der Waals surface area contributed by atoms with Gasteiger partial charge in [-0.1, -0.05) is 99.0 Å². The van der Waals surface area contributed by atoms with Gasteiger partial charge in [-0.25, -0.2) is 0 Å². The lowest BCUT2D eigenvalue weighted by molar-refractivity contribution is -0.147. The van der Waals surface area contributed by atoms with Crippen molar-refractivity contribution in [2.45, 2.75) is 172 Å². The number of H-pyrrole nitrogens is 2. The van der Waals surface area contributed by atoms with Crippen LogP contribution in [0.2, 0.25) is 0 Å². The number of allylic oxidation sites excluding steroid dienone is 4. The molecule has 0 aromatic carbocycles. The molecule has 5 N–H and O–H groups in total. The van der Waals surface area contributed by atoms with Gasteiger partial charge in [0.25, 0.3) is 0 Å². The third-order valence-electron chi connectivity index (χ3n) is 15.4. The molecule has 6 rings (SSSR count). The van der Waals surface area contributed by atoms with Crippen LogP contribution in [-0.4, -0.2) is 46.8 Å². The Kier molecular flexibility index (Phi) is 16.8. The molecule has 8 atom stereocenters. The van der Waals surface area contributed by atoms with Crippen molar-refractivity contribution in [2.75, 3.05) is 13.7 Å². The van der Waals surface area contributed by atoms with E-state index in [4.69, 9.17) is 9.47 Å². The third-order valence-corrected chi connectivity index (χ3v) is 15.4. The van der Waals surface area contributed by atoms with Crippen LogP contribution in [-0.2, 0) is 25.5 Å². The highest BCUT2D eigenvalue weighted by atomic mass is 16.5. The summed E-state index contributed by atoms with van der Waals surface area (Å²) in [6.45, 7) is 24.9. The van der Waals surface area contributed by atoms with Gasteiger partial charge < -0.3 is 35.2 Å². The van der Waals surface area contributed by atoms with Gasteiger partial charge >= 0.3 is 11.9 Å². The molecule has 0 saturated carbocycles. The Morgan fingerprint density at radius 3 is 2.20 bits per heavy atom. The third kappa shape index (κ3) is 10.9. The second-order valence-corrected chi connectivity index (χ2v) is 20.5. The first-order valence-corrected chi connectivity index (χ1v) is 25.0. The Balaban J connectivity index is 1.19. The van der Waals surface area contributed by atoms with Crippen LogP contribution in [0.5, 0.6) is 0 Å². The lowest BCUT2D eigenvalue weighted by Crippen LogP contribution is -2.37. The van der Waals surface area contributed by atoms with Crippen molar-refractivity contribution < 1.29 is 24.2 Å². The van der Waals surface area contributed by atoms with Gasteiger partial charge in [-0.2, -0.15) is 0 Å². The van der Waals surface area contributed by atoms with Gasteiger partial charge in [-0.3, -0.25) is 9.59 Å². The minimum absolute atomic E-state index is 0.0142. The molecule has 0 amide bonds. The van der Waals surface area contributed by atoms with Crippen LogP contribution in [0.4, 0.5) is 0 Å². The Morgan fingerprint density at radius 2 is 1.55 bits per heavy atom. The van der Waals surface area contributed by atoms with Crippen molar-refractivity contribution in [3.63, 3.8) is 0 Å². The number of nitrogens with one attached hydrogen (secondary N) is 4. The molecule has 4 aliphatic rings. The number of aliphatic hydroxyl groups is 1. The second kappa shape index (κ2) is 21.8. The van der Waals surface area contributed by atoms with Crippen molar-refractivity contribution in [1.29, 1.82) is 0 Å². The second-order valence-electron chi connectivity index (χ2n) is 20.5. The molecule has 1 saturated heterocycles. The molecule has 2 aromatic heterocycles. The molecule has 3 aliphatic heterocycles. The van der Waals surface area contributed by atoms with Crippen LogP contribution in [0.25, 0.3) is 17.7 Å². The molecule has 9 heteroatoms. The van der Waals surface area contributed by atoms with Crippen molar-refractivity contribution in [2.24, 2.45) is 41.4 Å². The topological polar surface area (TPSA) is 128 Å². The van der Waals surface area contributed by atoms with E-state index < -0.39 is 18.0 Å². The monoisotopic (exact) mass is 879 g/mol. The molecule has 1 unspecified atom stereocenters. The normalized spacial score (nSPS) is 25.9. The molecule has 8 bridgehead atoms. The zero-order valence-corrected chi connectivity index (χ0v) is 41.5. The first-order chi connectivity index (χ1) is 30.6. The highest BCUT2D eigenvalue weighted by Gasteiger charge is 2.49. The van der Waals surface area contributed by atoms with Gasteiger partial charge in [0.15, 0.2) is 0 Å². The summed E-state index contributed by atoms with van der Waals surface area (Å²) in [6.07, 6.45) is 21.7. The van der Waals surface area contributed by atoms with Crippen molar-refractivity contribution in [3.05, 3.63) is 84.7 Å². The van der Waals surface area contributed by atoms with Crippen molar-refractivity contribution >= 4 is 29.7 Å². The fourth-order valence-electron chi connectivity index (χ4n) is 11.3. The lowest BCUT2D eigenvalue weighted by Gasteiger charge is -2.27. The number of aliphatic hydroxyl groups excluding tert-OH is 1. The van der Waals surface area contributed by atoms with E-state index in [0.717, 1.165) is 93.6 Å². The number of carbonyl (C=O) groups excluding carboxylic acids is 2. The Labute approximate surface area is 384 Å². The van der Waals surface area contributed by atoms with Crippen LogP contribution in [0, 0.1) is 55.3 Å². The van der Waals surface area contributed by atoms with E-state index in [1.54, 1.807) is 0 Å². The number of esters is 2. The average Bonchev–Trinajstić information content (AvgIpc) is 3.99. The van der Waals surface area contributed by atoms with E-state index in [1.807, 2.05) is 6.92 Å². The fourth-order valence-corrected chi connectivity index (χ4v) is 11.3. The molecule has 352 valence electrons. The minimum atomic E-state index is -1.08. The first-order valence-electron chi connectivity index (χ1n) is 25.0. The number of methoxy groups -OCH3 is 1. The summed E-state index contributed by atoms with van der Waals surface area (Å²) in [5, 5.41) is 21.4. The number of hydrogen-bond acceptors (Lipinski definition) is 7. The van der Waals surface area contributed by atoms with Gasteiger partial charge in [0.2, 0.25) is 0 Å². The number of aromatic amines is 2. The largest absolute Gasteiger partial charge is 0.468 e. The Bertz CT molecular complexity index is 2250. The summed E-state index contributed by atoms with van der Waals surface area (Å²) in [4.78, 5) is 34.6. The Hall–Kier alpha value is -4.24. The van der Waals surface area contributed by atoms with E-state index in [0.29, 0.717) is 6.42 Å². The van der Waals surface area contributed by atoms with Crippen LogP contribution >= 0.6 is 0 Å². The van der Waals surface area contributed by atoms with Crippen molar-refractivity contribution in [1.82, 2.24) is 20.6 Å². The minimum Gasteiger partial charge on any atom is -0.468 e. The highest BCUT2D eigenvalue weighted by Crippen LogP contribution is 2.45. The van der Waals surface area contributed by atoms with Gasteiger partial charge in [0.1, 0.15) is 12.5 Å². The maximum absolute atomic E-state index is 13.7. The van der Waals surface area contributed by atoms with E-state index in [-0.39, 0.29) is 42.8 Å². The number of ether oxygens (including phenoxy) is 2. The zero-order chi connectivity index (χ0) is 46.4. The number of carbonyl (C=O) groups is 2. The molecule has 5 heterocycles. The van der Waals surface area contributed by atoms with Gasteiger partial charge in [0, 0.05) is 63.0 Å². The van der Waals surface area contributed by atoms with Crippen LogP contribution in [0.15, 0.2) is 40.4 Å². The SMILES string of the molecule is CCc1c2[nH]c(c1C)/C=C1\NC(=C(C)[C@H]1CC)/C=C1\NC(C3=c4[nH]/c(c(C)c4[C@H](O)[C@@H]3C(=O)OC)=C\2)[C@@H](CCC(=O)OC/C=C(/C)CCC[C@@H](C)CCC[C@H](C)CCCC(C)C)[C@@H]1C. The van der Waals surface area contributed by atoms with Crippen molar-refractivity contribution in [3.8, 4) is 0 Å². The summed E-state index contributed by atoms with van der Waals surface area (Å²) in [5.41, 5.74) is 12.8. The maximum Gasteiger partial charge on any atom is 0.315 e. The number of aromatic nitrogens is 2. The number of hydrogen-bond donors (Lipinski definition) is 5. The van der Waals surface area contributed by atoms with E-state index in [1.165, 1.54) is 80.0 Å². The average molecular weight is 879 g/mol. The summed E-state index contributed by atoms with van der Waals surface area (Å²) in [6, 6.07) is -0.347. The quantitative estimate of drug-likeness (QED) is 0.0662. The summed E-state index contributed by atoms with van der Waals surface area (Å²) < 4.78 is 11.2.